The molecule has 1 saturated heterocycles. The van der Waals surface area contributed by atoms with Gasteiger partial charge in [0.05, 0.1) is 42.0 Å². The molecular weight excluding hydrogens is 500 g/mol. The third kappa shape index (κ3) is 3.69. The Hall–Kier alpha value is -3.50. The van der Waals surface area contributed by atoms with Crippen LogP contribution in [0.1, 0.15) is 23.1 Å². The van der Waals surface area contributed by atoms with Crippen molar-refractivity contribution in [1.82, 2.24) is 19.9 Å². The number of anilines is 2. The van der Waals surface area contributed by atoms with Crippen molar-refractivity contribution in [2.75, 3.05) is 43.9 Å². The van der Waals surface area contributed by atoms with Crippen molar-refractivity contribution in [2.45, 2.75) is 25.7 Å². The Balaban J connectivity index is 1.53. The first-order valence-corrected chi connectivity index (χ1v) is 12.6. The van der Waals surface area contributed by atoms with Gasteiger partial charge in [0.2, 0.25) is 5.95 Å². The smallest absolute Gasteiger partial charge is 0.226 e. The zero-order valence-electron chi connectivity index (χ0n) is 20.0. The van der Waals surface area contributed by atoms with Crippen LogP contribution in [0.5, 0.6) is 0 Å². The summed E-state index contributed by atoms with van der Waals surface area (Å²) < 4.78 is 36.9. The highest BCUT2D eigenvalue weighted by molar-refractivity contribution is 7.23. The van der Waals surface area contributed by atoms with Gasteiger partial charge in [0.25, 0.3) is 0 Å². The minimum atomic E-state index is -0.620. The molecule has 0 radical (unpaired) electrons. The van der Waals surface area contributed by atoms with Crippen molar-refractivity contribution in [1.29, 1.82) is 5.26 Å². The molecule has 6 rings (SSSR count). The first-order valence-electron chi connectivity index (χ1n) is 11.8. The molecule has 9 nitrogen and oxygen atoms in total. The lowest BCUT2D eigenvalue weighted by Crippen LogP contribution is -2.36. The van der Waals surface area contributed by atoms with Crippen LogP contribution in [0, 0.1) is 23.0 Å². The van der Waals surface area contributed by atoms with Crippen LogP contribution in [0.15, 0.2) is 12.4 Å². The molecule has 0 saturated carbocycles. The van der Waals surface area contributed by atoms with Gasteiger partial charge < -0.3 is 20.5 Å². The number of halogens is 2. The van der Waals surface area contributed by atoms with Crippen LogP contribution in [-0.4, -0.2) is 64.3 Å². The number of nitrogens with two attached hydrogens (primary N) is 1. The monoisotopic (exact) mass is 523 g/mol. The summed E-state index contributed by atoms with van der Waals surface area (Å²) in [5, 5.41) is 19.9. The number of likely N-dealkylation sites (N-methyl/N-ethyl adjacent to an activating group) is 1. The first kappa shape index (κ1) is 23.9. The number of aromatic nitrogens is 3. The van der Waals surface area contributed by atoms with Crippen LogP contribution in [0.3, 0.4) is 0 Å². The van der Waals surface area contributed by atoms with E-state index < -0.39 is 11.6 Å². The summed E-state index contributed by atoms with van der Waals surface area (Å²) in [7, 11) is 1.96. The molecule has 0 aliphatic carbocycles. The SMILES string of the molecule is CN(CCO)[C@H]1CCN(c2ncc3c4c(c(-c5ncc(F)c6sc(N)c(C#N)c56)c(F)c3n2)COC4)C1. The Morgan fingerprint density at radius 2 is 2.11 bits per heavy atom. The van der Waals surface area contributed by atoms with Crippen molar-refractivity contribution in [3.05, 3.63) is 40.7 Å². The van der Waals surface area contributed by atoms with Crippen LogP contribution in [-0.2, 0) is 18.0 Å². The van der Waals surface area contributed by atoms with Crippen LogP contribution in [0.25, 0.3) is 32.2 Å². The van der Waals surface area contributed by atoms with E-state index in [1.807, 2.05) is 18.0 Å². The van der Waals surface area contributed by atoms with Crippen molar-refractivity contribution >= 4 is 43.3 Å². The van der Waals surface area contributed by atoms with Crippen LogP contribution in [0.4, 0.5) is 19.7 Å². The van der Waals surface area contributed by atoms with Gasteiger partial charge in [-0.3, -0.25) is 9.88 Å². The molecule has 3 N–H and O–H groups in total. The van der Waals surface area contributed by atoms with Gasteiger partial charge in [-0.1, -0.05) is 0 Å². The molecule has 5 heterocycles. The average Bonchev–Trinajstić information content (AvgIpc) is 3.64. The number of hydrogen-bond donors (Lipinski definition) is 2. The first-order chi connectivity index (χ1) is 17.9. The van der Waals surface area contributed by atoms with Crippen LogP contribution in [0.2, 0.25) is 0 Å². The molecule has 2 aliphatic rings. The van der Waals surface area contributed by atoms with E-state index in [0.717, 1.165) is 29.5 Å². The maximum atomic E-state index is 16.4. The Bertz CT molecular complexity index is 1600. The van der Waals surface area contributed by atoms with Gasteiger partial charge in [-0.2, -0.15) is 5.26 Å². The molecule has 2 aliphatic heterocycles. The fraction of sp³-hybridized carbons (Fsp3) is 0.360. The van der Waals surface area contributed by atoms with Crippen molar-refractivity contribution in [2.24, 2.45) is 0 Å². The van der Waals surface area contributed by atoms with E-state index in [4.69, 9.17) is 10.5 Å². The molecule has 0 unspecified atom stereocenters. The Kier molecular flexibility index (Phi) is 5.88. The lowest BCUT2D eigenvalue weighted by Gasteiger charge is -2.24. The highest BCUT2D eigenvalue weighted by Gasteiger charge is 2.31. The number of nitriles is 1. The molecule has 0 amide bonds. The number of ether oxygens (including phenoxy) is 1. The van der Waals surface area contributed by atoms with E-state index in [9.17, 15) is 14.8 Å². The standard InChI is InChI=1S/C25H23F2N7O2S/c1-33(4-5-35)12-2-3-34(9-12)25-31-7-14-15-10-36-11-16(15)18(20(27)21(14)32-25)22-19-13(6-28)24(29)37-23(19)17(26)8-30-22/h7-8,12,35H,2-5,9-11,29H2,1H3/t12-/m0/s1. The van der Waals surface area contributed by atoms with E-state index in [1.165, 1.54) is 0 Å². The van der Waals surface area contributed by atoms with Crippen molar-refractivity contribution in [3.63, 3.8) is 0 Å². The number of pyridine rings is 1. The maximum absolute atomic E-state index is 16.4. The zero-order chi connectivity index (χ0) is 25.8. The lowest BCUT2D eigenvalue weighted by molar-refractivity contribution is 0.135. The Morgan fingerprint density at radius 1 is 1.30 bits per heavy atom. The summed E-state index contributed by atoms with van der Waals surface area (Å²) in [5.41, 5.74) is 7.83. The lowest BCUT2D eigenvalue weighted by atomic mass is 9.94. The molecule has 0 bridgehead atoms. The number of aliphatic hydroxyl groups excluding tert-OH is 1. The summed E-state index contributed by atoms with van der Waals surface area (Å²) in [5.74, 6) is -0.832. The maximum Gasteiger partial charge on any atom is 0.226 e. The molecule has 37 heavy (non-hydrogen) atoms. The molecule has 12 heteroatoms. The summed E-state index contributed by atoms with van der Waals surface area (Å²) in [6.45, 7) is 2.40. The Labute approximate surface area is 214 Å². The predicted molar refractivity (Wildman–Crippen MR) is 136 cm³/mol. The molecule has 1 aromatic carbocycles. The summed E-state index contributed by atoms with van der Waals surface area (Å²) in [4.78, 5) is 17.5. The second-order valence-corrected chi connectivity index (χ2v) is 10.3. The minimum absolute atomic E-state index is 0.0765. The van der Waals surface area contributed by atoms with Crippen molar-refractivity contribution in [3.8, 4) is 17.3 Å². The fourth-order valence-electron chi connectivity index (χ4n) is 5.31. The van der Waals surface area contributed by atoms with E-state index in [-0.39, 0.29) is 63.3 Å². The van der Waals surface area contributed by atoms with Crippen LogP contribution < -0.4 is 10.6 Å². The number of hydrogen-bond acceptors (Lipinski definition) is 10. The molecule has 0 spiro atoms. The number of nitrogen functional groups attached to an aromatic ring is 1. The van der Waals surface area contributed by atoms with Gasteiger partial charge in [-0.05, 0) is 24.6 Å². The quantitative estimate of drug-likeness (QED) is 0.406. The number of fused-ring (bicyclic) bond motifs is 4. The zero-order valence-corrected chi connectivity index (χ0v) is 20.8. The predicted octanol–water partition coefficient (Wildman–Crippen LogP) is 3.17. The van der Waals surface area contributed by atoms with Gasteiger partial charge in [-0.15, -0.1) is 11.3 Å². The number of rotatable bonds is 5. The summed E-state index contributed by atoms with van der Waals surface area (Å²) in [6.07, 6.45) is 3.52. The molecule has 1 fully saturated rings. The highest BCUT2D eigenvalue weighted by Crippen LogP contribution is 2.45. The summed E-state index contributed by atoms with van der Waals surface area (Å²) in [6, 6.07) is 2.25. The normalized spacial score (nSPS) is 17.3. The third-order valence-electron chi connectivity index (χ3n) is 7.25. The molecule has 4 aromatic rings. The minimum Gasteiger partial charge on any atom is -0.395 e. The van der Waals surface area contributed by atoms with E-state index in [2.05, 4.69) is 19.9 Å². The number of aliphatic hydroxyl groups is 1. The van der Waals surface area contributed by atoms with E-state index >= 15 is 4.39 Å². The van der Waals surface area contributed by atoms with Crippen molar-refractivity contribution < 1.29 is 18.6 Å². The molecule has 3 aromatic heterocycles. The van der Waals surface area contributed by atoms with E-state index in [0.29, 0.717) is 36.5 Å². The second-order valence-electron chi connectivity index (χ2n) is 9.28. The fourth-order valence-corrected chi connectivity index (χ4v) is 6.24. The largest absolute Gasteiger partial charge is 0.395 e. The third-order valence-corrected chi connectivity index (χ3v) is 8.28. The Morgan fingerprint density at radius 3 is 2.89 bits per heavy atom. The van der Waals surface area contributed by atoms with Crippen LogP contribution >= 0.6 is 11.3 Å². The molecule has 1 atom stereocenters. The molecule has 190 valence electrons. The van der Waals surface area contributed by atoms with E-state index in [1.54, 1.807) is 6.20 Å². The van der Waals surface area contributed by atoms with Gasteiger partial charge in [0.1, 0.15) is 16.6 Å². The van der Waals surface area contributed by atoms with Gasteiger partial charge in [-0.25, -0.2) is 18.7 Å². The van der Waals surface area contributed by atoms with Gasteiger partial charge >= 0.3 is 0 Å². The highest BCUT2D eigenvalue weighted by atomic mass is 32.1. The average molecular weight is 524 g/mol. The molecular formula is C25H23F2N7O2S. The summed E-state index contributed by atoms with van der Waals surface area (Å²) >= 11 is 0.941. The number of nitrogens with zero attached hydrogens (tertiary/aromatic N) is 6. The second kappa shape index (κ2) is 9.11. The topological polar surface area (TPSA) is 124 Å². The number of thiophene rings is 1. The van der Waals surface area contributed by atoms with Gasteiger partial charge in [0, 0.05) is 48.2 Å². The number of benzene rings is 1. The van der Waals surface area contributed by atoms with Gasteiger partial charge in [0.15, 0.2) is 11.6 Å².